The van der Waals surface area contributed by atoms with Crippen LogP contribution < -0.4 is 5.32 Å². The normalized spacial score (nSPS) is 37.9. The number of benzene rings is 1. The smallest absolute Gasteiger partial charge is 0.292 e. The minimum atomic E-state index is -0.715. The summed E-state index contributed by atoms with van der Waals surface area (Å²) in [4.78, 5) is 13.8. The van der Waals surface area contributed by atoms with Crippen molar-refractivity contribution in [2.45, 2.75) is 95.9 Å². The minimum absolute atomic E-state index is 0.0994. The molecule has 0 aromatic heterocycles. The highest BCUT2D eigenvalue weighted by atomic mass is 16.7. The summed E-state index contributed by atoms with van der Waals surface area (Å²) in [5.41, 5.74) is 8.61. The van der Waals surface area contributed by atoms with Crippen LogP contribution in [0.4, 0.5) is 17.1 Å². The zero-order valence-corrected chi connectivity index (χ0v) is 24.4. The first-order valence-electron chi connectivity index (χ1n) is 14.9. The summed E-state index contributed by atoms with van der Waals surface area (Å²) in [6, 6.07) is 4.43. The van der Waals surface area contributed by atoms with E-state index >= 15 is 0 Å². The highest BCUT2D eigenvalue weighted by Gasteiger charge is 2.65. The number of ether oxygens (including phenoxy) is 2. The van der Waals surface area contributed by atoms with Crippen LogP contribution in [0, 0.1) is 44.6 Å². The van der Waals surface area contributed by atoms with Crippen LogP contribution in [0.5, 0.6) is 0 Å². The molecule has 10 heteroatoms. The second-order valence-corrected chi connectivity index (χ2v) is 13.4. The molecule has 4 saturated carbocycles. The fourth-order valence-electron chi connectivity index (χ4n) is 9.71. The van der Waals surface area contributed by atoms with E-state index in [4.69, 9.17) is 15.0 Å². The minimum Gasteiger partial charge on any atom is -0.389 e. The van der Waals surface area contributed by atoms with Gasteiger partial charge in [0, 0.05) is 50.3 Å². The van der Waals surface area contributed by atoms with Crippen LogP contribution in [0.2, 0.25) is 0 Å². The van der Waals surface area contributed by atoms with Crippen LogP contribution in [0.1, 0.15) is 84.5 Å². The average molecular weight is 556 g/mol. The summed E-state index contributed by atoms with van der Waals surface area (Å²) in [7, 11) is 3.56. The molecule has 4 aliphatic rings. The van der Waals surface area contributed by atoms with Crippen LogP contribution in [0.15, 0.2) is 23.3 Å². The number of anilines is 1. The van der Waals surface area contributed by atoms with Gasteiger partial charge in [0.15, 0.2) is 5.79 Å². The summed E-state index contributed by atoms with van der Waals surface area (Å²) in [5, 5.41) is 30.3. The molecule has 0 spiro atoms. The van der Waals surface area contributed by atoms with E-state index in [-0.39, 0.29) is 16.8 Å². The molecule has 1 aromatic rings. The van der Waals surface area contributed by atoms with Crippen molar-refractivity contribution in [1.82, 2.24) is 0 Å². The van der Waals surface area contributed by atoms with Crippen molar-refractivity contribution in [2.75, 3.05) is 26.1 Å². The van der Waals surface area contributed by atoms with Crippen molar-refractivity contribution in [1.29, 1.82) is 0 Å². The predicted octanol–water partition coefficient (Wildman–Crippen LogP) is 7.49. The van der Waals surface area contributed by atoms with E-state index in [0.717, 1.165) is 44.9 Å². The van der Waals surface area contributed by atoms with Gasteiger partial charge in [-0.05, 0) is 104 Å². The van der Waals surface area contributed by atoms with Crippen molar-refractivity contribution in [3.8, 4) is 0 Å². The van der Waals surface area contributed by atoms with E-state index in [1.54, 1.807) is 26.4 Å². The quantitative estimate of drug-likeness (QED) is 0.0614. The van der Waals surface area contributed by atoms with Gasteiger partial charge in [0.25, 0.3) is 5.69 Å². The fourth-order valence-corrected chi connectivity index (χ4v) is 9.71. The Balaban J connectivity index is 1.23. The number of fused-ring (bicyclic) bond motifs is 5. The number of aliphatic hydroxyl groups is 1. The van der Waals surface area contributed by atoms with E-state index in [9.17, 15) is 15.2 Å². The lowest BCUT2D eigenvalue weighted by atomic mass is 9.44. The summed E-state index contributed by atoms with van der Waals surface area (Å²) in [6.45, 7) is 5.39. The number of nitrogens with zero attached hydrogens (tertiary/aromatic N) is 4. The number of azide groups is 1. The van der Waals surface area contributed by atoms with Crippen molar-refractivity contribution >= 4 is 17.1 Å². The first kappa shape index (κ1) is 29.1. The van der Waals surface area contributed by atoms with E-state index < -0.39 is 16.3 Å². The third-order valence-electron chi connectivity index (χ3n) is 12.2. The largest absolute Gasteiger partial charge is 0.389 e. The van der Waals surface area contributed by atoms with Crippen LogP contribution in [0.3, 0.4) is 0 Å². The van der Waals surface area contributed by atoms with Crippen molar-refractivity contribution in [3.63, 3.8) is 0 Å². The highest BCUT2D eigenvalue weighted by Crippen LogP contribution is 2.69. The van der Waals surface area contributed by atoms with Gasteiger partial charge in [-0.3, -0.25) is 10.1 Å². The van der Waals surface area contributed by atoms with Gasteiger partial charge in [-0.15, -0.1) is 0 Å². The number of nitrogens with one attached hydrogen (secondary N) is 1. The third kappa shape index (κ3) is 4.67. The monoisotopic (exact) mass is 555 g/mol. The molecule has 0 unspecified atom stereocenters. The molecule has 10 nitrogen and oxygen atoms in total. The van der Waals surface area contributed by atoms with Gasteiger partial charge in [0.2, 0.25) is 0 Å². The lowest BCUT2D eigenvalue weighted by Gasteiger charge is -2.62. The second kappa shape index (κ2) is 10.8. The van der Waals surface area contributed by atoms with Gasteiger partial charge in [-0.2, -0.15) is 0 Å². The standard InChI is InChI=1S/C30H45N5O5/c1-27-15-16-30(39-3,40-4)19-20(27)6-8-22-23(27)10-13-28(2)24(22)11-14-29(28,36)12-5-17-32-25-9-7-21(33-34-31)18-26(25)35(37)38/h7,9,18,20,22-24,32,36H,5-6,8,10-17,19H2,1-4H3/t20-,22+,23-,24-,27-,28-,29-/m0/s1. The molecule has 0 saturated heterocycles. The van der Waals surface area contributed by atoms with Crippen molar-refractivity contribution in [3.05, 3.63) is 38.8 Å². The molecule has 0 heterocycles. The average Bonchev–Trinajstić information content (AvgIpc) is 3.22. The maximum atomic E-state index is 12.1. The predicted molar refractivity (Wildman–Crippen MR) is 153 cm³/mol. The Morgan fingerprint density at radius 1 is 1.12 bits per heavy atom. The molecule has 4 aliphatic carbocycles. The molecule has 4 fully saturated rings. The molecular formula is C30H45N5O5. The molecule has 40 heavy (non-hydrogen) atoms. The molecule has 0 bridgehead atoms. The van der Waals surface area contributed by atoms with Crippen LogP contribution in [-0.2, 0) is 9.47 Å². The van der Waals surface area contributed by atoms with Crippen molar-refractivity contribution < 1.29 is 19.5 Å². The number of nitro groups is 1. The summed E-state index contributed by atoms with van der Waals surface area (Å²) in [5.74, 6) is 2.06. The zero-order valence-electron chi connectivity index (χ0n) is 24.4. The number of methoxy groups -OCH3 is 2. The molecule has 0 radical (unpaired) electrons. The number of hydrogen-bond donors (Lipinski definition) is 2. The molecule has 0 amide bonds. The second-order valence-electron chi connectivity index (χ2n) is 13.4. The first-order chi connectivity index (χ1) is 19.0. The molecule has 0 aliphatic heterocycles. The molecule has 220 valence electrons. The summed E-state index contributed by atoms with van der Waals surface area (Å²) >= 11 is 0. The highest BCUT2D eigenvalue weighted by molar-refractivity contribution is 5.66. The Kier molecular flexibility index (Phi) is 7.85. The molecule has 1 aromatic carbocycles. The van der Waals surface area contributed by atoms with E-state index in [2.05, 4.69) is 29.2 Å². The van der Waals surface area contributed by atoms with Crippen LogP contribution in [0.25, 0.3) is 10.4 Å². The van der Waals surface area contributed by atoms with E-state index in [1.807, 2.05) is 0 Å². The van der Waals surface area contributed by atoms with Gasteiger partial charge in [-0.25, -0.2) is 0 Å². The molecule has 5 rings (SSSR count). The first-order valence-corrected chi connectivity index (χ1v) is 14.9. The lowest BCUT2D eigenvalue weighted by molar-refractivity contribution is -0.383. The van der Waals surface area contributed by atoms with Gasteiger partial charge in [0.05, 0.1) is 10.5 Å². The zero-order chi connectivity index (χ0) is 28.8. The van der Waals surface area contributed by atoms with Gasteiger partial charge < -0.3 is 19.9 Å². The Bertz CT molecular complexity index is 1170. The lowest BCUT2D eigenvalue weighted by Crippen LogP contribution is -2.58. The summed E-state index contributed by atoms with van der Waals surface area (Å²) in [6.07, 6.45) is 11.0. The Morgan fingerprint density at radius 3 is 2.58 bits per heavy atom. The Hall–Kier alpha value is -2.39. The maximum absolute atomic E-state index is 12.1. The summed E-state index contributed by atoms with van der Waals surface area (Å²) < 4.78 is 11.7. The van der Waals surface area contributed by atoms with Crippen LogP contribution in [-0.4, -0.2) is 42.2 Å². The fraction of sp³-hybridized carbons (Fsp3) is 0.800. The van der Waals surface area contributed by atoms with Crippen LogP contribution >= 0.6 is 0 Å². The SMILES string of the molecule is COC1(OC)CC[C@@]2(C)[C@@H](CC[C@@H]3[C@@H]2CC[C@@]2(C)[C@H]3CC[C@@]2(O)CCCNc2ccc(N=[N+]=[N-])cc2[N+](=O)[O-])C1. The number of nitro benzene ring substituents is 1. The Labute approximate surface area is 237 Å². The molecule has 7 atom stereocenters. The van der Waals surface area contributed by atoms with Gasteiger partial charge >= 0.3 is 0 Å². The van der Waals surface area contributed by atoms with Crippen molar-refractivity contribution in [2.24, 2.45) is 39.6 Å². The number of hydrogen-bond acceptors (Lipinski definition) is 7. The topological polar surface area (TPSA) is 143 Å². The van der Waals surface area contributed by atoms with E-state index in [0.29, 0.717) is 47.7 Å². The third-order valence-corrected chi connectivity index (χ3v) is 12.2. The molecule has 2 N–H and O–H groups in total. The van der Waals surface area contributed by atoms with Gasteiger partial charge in [0.1, 0.15) is 5.69 Å². The maximum Gasteiger partial charge on any atom is 0.292 e. The van der Waals surface area contributed by atoms with E-state index in [1.165, 1.54) is 25.3 Å². The Morgan fingerprint density at radius 2 is 1.88 bits per heavy atom. The molecular weight excluding hydrogens is 510 g/mol. The number of rotatable bonds is 9. The van der Waals surface area contributed by atoms with Gasteiger partial charge in [-0.1, -0.05) is 25.0 Å².